The van der Waals surface area contributed by atoms with Gasteiger partial charge >= 0.3 is 11.4 Å². The van der Waals surface area contributed by atoms with E-state index in [0.29, 0.717) is 15.4 Å². The van der Waals surface area contributed by atoms with Gasteiger partial charge in [-0.1, -0.05) is 18.5 Å². The van der Waals surface area contributed by atoms with E-state index >= 15 is 0 Å². The molecule has 0 unspecified atom stereocenters. The lowest BCUT2D eigenvalue weighted by atomic mass is 10.3. The van der Waals surface area contributed by atoms with E-state index in [9.17, 15) is 14.4 Å². The van der Waals surface area contributed by atoms with Gasteiger partial charge in [0.2, 0.25) is 5.91 Å². The summed E-state index contributed by atoms with van der Waals surface area (Å²) in [7, 11) is 0. The third-order valence-corrected chi connectivity index (χ3v) is 2.68. The molecule has 0 fully saturated rings. The summed E-state index contributed by atoms with van der Waals surface area (Å²) in [6.45, 7) is 1.60. The molecule has 0 radical (unpaired) electrons. The molecule has 0 atom stereocenters. The minimum absolute atomic E-state index is 0.125. The lowest BCUT2D eigenvalue weighted by Crippen LogP contribution is -2.30. The van der Waals surface area contributed by atoms with Crippen LogP contribution in [-0.4, -0.2) is 20.3 Å². The number of H-pyrrole nitrogens is 1. The Morgan fingerprint density at radius 1 is 1.28 bits per heavy atom. The van der Waals surface area contributed by atoms with Crippen LogP contribution in [0.25, 0.3) is 5.69 Å². The highest BCUT2D eigenvalue weighted by atomic mass is 35.5. The molecular formula is C11H10ClN3O3. The Balaban J connectivity index is 2.63. The average Bonchev–Trinajstić information content (AvgIpc) is 2.65. The van der Waals surface area contributed by atoms with E-state index in [1.807, 2.05) is 0 Å². The number of carbonyl (C=O) groups is 1. The van der Waals surface area contributed by atoms with Gasteiger partial charge in [0.25, 0.3) is 0 Å². The summed E-state index contributed by atoms with van der Waals surface area (Å²) < 4.78 is 1.58. The third-order valence-electron chi connectivity index (χ3n) is 2.43. The maximum absolute atomic E-state index is 11.9. The lowest BCUT2D eigenvalue weighted by molar-refractivity contribution is 0.0887. The molecule has 0 aliphatic rings. The molecule has 2 aromatic rings. The highest BCUT2D eigenvalue weighted by Gasteiger charge is 2.14. The van der Waals surface area contributed by atoms with Gasteiger partial charge in [-0.25, -0.2) is 19.3 Å². The van der Waals surface area contributed by atoms with Crippen LogP contribution in [0.1, 0.15) is 18.1 Å². The number of rotatable bonds is 2. The van der Waals surface area contributed by atoms with E-state index in [1.54, 1.807) is 19.1 Å². The Hall–Kier alpha value is -2.08. The number of hydrogen-bond acceptors (Lipinski definition) is 3. The molecule has 1 aromatic heterocycles. The van der Waals surface area contributed by atoms with Crippen molar-refractivity contribution in [2.45, 2.75) is 13.3 Å². The van der Waals surface area contributed by atoms with Crippen LogP contribution in [0.3, 0.4) is 0 Å². The van der Waals surface area contributed by atoms with Gasteiger partial charge in [-0.05, 0) is 24.3 Å². The Labute approximate surface area is 106 Å². The summed E-state index contributed by atoms with van der Waals surface area (Å²) >= 11 is 5.72. The molecule has 1 heterocycles. The fourth-order valence-electron chi connectivity index (χ4n) is 1.53. The first-order valence-electron chi connectivity index (χ1n) is 5.28. The number of carbonyl (C=O) groups excluding carboxylic acids is 1. The van der Waals surface area contributed by atoms with E-state index in [1.165, 1.54) is 12.1 Å². The van der Waals surface area contributed by atoms with E-state index in [0.717, 1.165) is 4.57 Å². The van der Waals surface area contributed by atoms with Crippen molar-refractivity contribution in [3.05, 3.63) is 50.3 Å². The molecule has 0 amide bonds. The number of nitrogens with zero attached hydrogens (tertiary/aromatic N) is 2. The largest absolute Gasteiger partial charge is 0.358 e. The molecule has 1 aromatic carbocycles. The minimum atomic E-state index is -0.714. The first kappa shape index (κ1) is 12.4. The first-order valence-corrected chi connectivity index (χ1v) is 5.65. The van der Waals surface area contributed by atoms with Gasteiger partial charge in [0, 0.05) is 11.4 Å². The number of hydrogen-bond donors (Lipinski definition) is 1. The van der Waals surface area contributed by atoms with Gasteiger partial charge in [0.15, 0.2) is 0 Å². The Bertz CT molecular complexity index is 694. The smallest absolute Gasteiger partial charge is 0.272 e. The van der Waals surface area contributed by atoms with Crippen molar-refractivity contribution in [2.24, 2.45) is 0 Å². The van der Waals surface area contributed by atoms with Gasteiger partial charge < -0.3 is 0 Å². The second-order valence-electron chi connectivity index (χ2n) is 3.59. The maximum atomic E-state index is 11.9. The molecular weight excluding hydrogens is 258 g/mol. The van der Waals surface area contributed by atoms with Crippen molar-refractivity contribution in [3.63, 3.8) is 0 Å². The van der Waals surface area contributed by atoms with Crippen LogP contribution < -0.4 is 11.4 Å². The van der Waals surface area contributed by atoms with Gasteiger partial charge in [0.05, 0.1) is 5.69 Å². The Kier molecular flexibility index (Phi) is 3.20. The predicted octanol–water partition coefficient (Wildman–Crippen LogP) is 1.03. The van der Waals surface area contributed by atoms with Gasteiger partial charge in [0.1, 0.15) is 0 Å². The van der Waals surface area contributed by atoms with Gasteiger partial charge in [-0.2, -0.15) is 4.68 Å². The fourth-order valence-corrected chi connectivity index (χ4v) is 1.65. The molecule has 0 saturated heterocycles. The Morgan fingerprint density at radius 2 is 1.89 bits per heavy atom. The monoisotopic (exact) mass is 267 g/mol. The van der Waals surface area contributed by atoms with Crippen LogP contribution in [0.5, 0.6) is 0 Å². The number of halogens is 1. The molecule has 18 heavy (non-hydrogen) atoms. The zero-order chi connectivity index (χ0) is 13.3. The third kappa shape index (κ3) is 2.02. The van der Waals surface area contributed by atoms with Gasteiger partial charge in [-0.15, -0.1) is 0 Å². The van der Waals surface area contributed by atoms with Crippen molar-refractivity contribution in [3.8, 4) is 5.69 Å². The molecule has 0 aliphatic carbocycles. The van der Waals surface area contributed by atoms with E-state index in [2.05, 4.69) is 5.10 Å². The highest BCUT2D eigenvalue weighted by Crippen LogP contribution is 2.10. The van der Waals surface area contributed by atoms with Gasteiger partial charge in [-0.3, -0.25) is 4.79 Å². The SMILES string of the molecule is CCC(=O)n1[nH]c(=O)n(-c2ccc(Cl)cc2)c1=O. The van der Waals surface area contributed by atoms with Crippen LogP contribution >= 0.6 is 11.6 Å². The summed E-state index contributed by atoms with van der Waals surface area (Å²) in [5.41, 5.74) is -1.02. The number of benzene rings is 1. The lowest BCUT2D eigenvalue weighted by Gasteiger charge is -1.98. The van der Waals surface area contributed by atoms with E-state index < -0.39 is 17.3 Å². The zero-order valence-corrected chi connectivity index (χ0v) is 10.3. The molecule has 0 bridgehead atoms. The summed E-state index contributed by atoms with van der Waals surface area (Å²) in [6, 6.07) is 6.17. The molecule has 1 N–H and O–H groups in total. The molecule has 2 rings (SSSR count). The minimum Gasteiger partial charge on any atom is -0.272 e. The molecule has 0 saturated carbocycles. The quantitative estimate of drug-likeness (QED) is 0.883. The van der Waals surface area contributed by atoms with Crippen molar-refractivity contribution >= 4 is 17.5 Å². The topological polar surface area (TPSA) is 76.9 Å². The number of nitrogens with one attached hydrogen (secondary N) is 1. The van der Waals surface area contributed by atoms with E-state index in [-0.39, 0.29) is 6.42 Å². The van der Waals surface area contributed by atoms with Crippen LogP contribution in [-0.2, 0) is 0 Å². The second kappa shape index (κ2) is 4.66. The summed E-state index contributed by atoms with van der Waals surface area (Å²) in [5, 5.41) is 2.70. The summed E-state index contributed by atoms with van der Waals surface area (Å²) in [5.74, 6) is -0.468. The van der Waals surface area contributed by atoms with Crippen molar-refractivity contribution in [1.29, 1.82) is 0 Å². The summed E-state index contributed by atoms with van der Waals surface area (Å²) in [4.78, 5) is 35.0. The standard InChI is InChI=1S/C11H10ClN3O3/c1-2-9(16)15-11(18)14(10(17)13-15)8-5-3-7(12)4-6-8/h3-6H,2H2,1H3,(H,13,17). The second-order valence-corrected chi connectivity index (χ2v) is 4.03. The normalized spacial score (nSPS) is 10.6. The summed E-state index contributed by atoms with van der Waals surface area (Å²) in [6.07, 6.45) is 0.125. The predicted molar refractivity (Wildman–Crippen MR) is 66.6 cm³/mol. The van der Waals surface area contributed by atoms with Crippen LogP contribution in [0.4, 0.5) is 0 Å². The van der Waals surface area contributed by atoms with Crippen LogP contribution in [0.2, 0.25) is 5.02 Å². The van der Waals surface area contributed by atoms with Crippen molar-refractivity contribution in [1.82, 2.24) is 14.3 Å². The average molecular weight is 268 g/mol. The molecule has 0 aliphatic heterocycles. The maximum Gasteiger partial charge on any atom is 0.358 e. The van der Waals surface area contributed by atoms with E-state index in [4.69, 9.17) is 11.6 Å². The zero-order valence-electron chi connectivity index (χ0n) is 9.51. The highest BCUT2D eigenvalue weighted by molar-refractivity contribution is 6.30. The van der Waals surface area contributed by atoms with Crippen LogP contribution in [0.15, 0.2) is 33.9 Å². The molecule has 0 spiro atoms. The number of aromatic amines is 1. The molecule has 94 valence electrons. The number of aromatic nitrogens is 3. The fraction of sp³-hybridized carbons (Fsp3) is 0.182. The molecule has 6 nitrogen and oxygen atoms in total. The van der Waals surface area contributed by atoms with Crippen molar-refractivity contribution < 1.29 is 4.79 Å². The van der Waals surface area contributed by atoms with Crippen molar-refractivity contribution in [2.75, 3.05) is 0 Å². The van der Waals surface area contributed by atoms with Crippen LogP contribution in [0, 0.1) is 0 Å². The molecule has 7 heteroatoms. The first-order chi connectivity index (χ1) is 8.54. The Morgan fingerprint density at radius 3 is 2.44 bits per heavy atom.